The van der Waals surface area contributed by atoms with Crippen LogP contribution in [0.1, 0.15) is 29.8 Å². The molecular weight excluding hydrogens is 423 g/mol. The molecule has 2 aromatic rings. The summed E-state index contributed by atoms with van der Waals surface area (Å²) in [6.45, 7) is 1.97. The number of aliphatic carboxylic acids is 1. The molecule has 4 N–H and O–H groups in total. The average molecular weight is 443 g/mol. The molecule has 1 amide bonds. The van der Waals surface area contributed by atoms with Gasteiger partial charge in [-0.15, -0.1) is 0 Å². The number of carbonyl (C=O) groups excluding carboxylic acids is 2. The molecule has 0 radical (unpaired) electrons. The molecule has 0 aliphatic carbocycles. The van der Waals surface area contributed by atoms with Crippen LogP contribution in [0.5, 0.6) is 0 Å². The first-order valence-corrected chi connectivity index (χ1v) is 9.40. The number of H-pyrrole nitrogens is 1. The van der Waals surface area contributed by atoms with Crippen LogP contribution in [-0.2, 0) is 14.3 Å². The van der Waals surface area contributed by atoms with Gasteiger partial charge in [-0.3, -0.25) is 9.59 Å². The number of halogens is 3. The van der Waals surface area contributed by atoms with Gasteiger partial charge in [0, 0.05) is 12.6 Å². The quantitative estimate of drug-likeness (QED) is 0.514. The lowest BCUT2D eigenvalue weighted by atomic mass is 9.76. The predicted molar refractivity (Wildman–Crippen MR) is 98.9 cm³/mol. The van der Waals surface area contributed by atoms with E-state index in [1.807, 2.05) is 0 Å². The smallest absolute Gasteiger partial charge is 0.475 e. The zero-order valence-electron chi connectivity index (χ0n) is 16.2. The molecule has 1 spiro atoms. The van der Waals surface area contributed by atoms with Crippen LogP contribution in [-0.4, -0.2) is 69.8 Å². The number of amides is 1. The van der Waals surface area contributed by atoms with Crippen molar-refractivity contribution in [1.29, 1.82) is 0 Å². The number of carboxylic acid groups (broad SMARTS) is 1. The van der Waals surface area contributed by atoms with Gasteiger partial charge in [0.2, 0.25) is 0 Å². The van der Waals surface area contributed by atoms with Crippen molar-refractivity contribution in [3.8, 4) is 0 Å². The van der Waals surface area contributed by atoms with E-state index in [2.05, 4.69) is 25.6 Å². The van der Waals surface area contributed by atoms with Gasteiger partial charge in [0.05, 0.1) is 17.3 Å². The lowest BCUT2D eigenvalue weighted by molar-refractivity contribution is -0.192. The van der Waals surface area contributed by atoms with E-state index in [0.29, 0.717) is 29.7 Å². The molecule has 1 unspecified atom stereocenters. The molecule has 13 heteroatoms. The van der Waals surface area contributed by atoms with Crippen molar-refractivity contribution in [1.82, 2.24) is 25.6 Å². The van der Waals surface area contributed by atoms with Crippen LogP contribution in [0.25, 0.3) is 11.0 Å². The molecule has 168 valence electrons. The number of cyclic esters (lactones) is 1. The van der Waals surface area contributed by atoms with Gasteiger partial charge < -0.3 is 25.5 Å². The number of piperidine rings is 1. The summed E-state index contributed by atoms with van der Waals surface area (Å²) < 4.78 is 37.2. The van der Waals surface area contributed by atoms with Gasteiger partial charge in [0.25, 0.3) is 5.91 Å². The lowest BCUT2D eigenvalue weighted by Gasteiger charge is -2.29. The third kappa shape index (κ3) is 5.10. The largest absolute Gasteiger partial charge is 0.490 e. The fourth-order valence-corrected chi connectivity index (χ4v) is 3.61. The molecule has 4 heterocycles. The number of nitrogens with one attached hydrogen (secondary N) is 3. The fraction of sp³-hybridized carbons (Fsp3) is 0.500. The summed E-state index contributed by atoms with van der Waals surface area (Å²) in [4.78, 5) is 44.6. The number of aromatic amines is 1. The molecule has 2 aromatic heterocycles. The van der Waals surface area contributed by atoms with Crippen LogP contribution in [0.4, 0.5) is 13.2 Å². The summed E-state index contributed by atoms with van der Waals surface area (Å²) in [5.41, 5.74) is 0.571. The number of fused-ring (bicyclic) bond motifs is 1. The van der Waals surface area contributed by atoms with E-state index in [4.69, 9.17) is 14.6 Å². The summed E-state index contributed by atoms with van der Waals surface area (Å²) in [5.74, 6) is -3.17. The Balaban J connectivity index is 0.000000339. The maximum atomic E-state index is 12.4. The summed E-state index contributed by atoms with van der Waals surface area (Å²) in [6, 6.07) is 1.77. The van der Waals surface area contributed by atoms with Crippen molar-refractivity contribution in [3.05, 3.63) is 24.3 Å². The second-order valence-corrected chi connectivity index (χ2v) is 7.24. The van der Waals surface area contributed by atoms with Crippen LogP contribution in [0, 0.1) is 5.41 Å². The van der Waals surface area contributed by atoms with Crippen LogP contribution in [0.3, 0.4) is 0 Å². The standard InChI is InChI=1S/C16H19N5O3.C2HF3O2/c22-14(12-11-1-4-18-13(11)21-9-20-12)19-8-10-7-16(15(23)24-10)2-5-17-6-3-16;3-2(4,5)1(6)7/h1,4,9-10,17H,2-3,5-8H2,(H,19,22)(H,18,20,21);(H,6,7). The van der Waals surface area contributed by atoms with Crippen LogP contribution < -0.4 is 10.6 Å². The molecule has 4 rings (SSSR count). The monoisotopic (exact) mass is 443 g/mol. The fourth-order valence-electron chi connectivity index (χ4n) is 3.61. The third-order valence-electron chi connectivity index (χ3n) is 5.19. The maximum Gasteiger partial charge on any atom is 0.490 e. The highest BCUT2D eigenvalue weighted by Gasteiger charge is 2.49. The Morgan fingerprint density at radius 1 is 1.29 bits per heavy atom. The summed E-state index contributed by atoms with van der Waals surface area (Å²) in [5, 5.41) is 13.9. The molecule has 2 aliphatic heterocycles. The minimum atomic E-state index is -5.08. The van der Waals surface area contributed by atoms with Gasteiger partial charge in [-0.25, -0.2) is 14.8 Å². The zero-order chi connectivity index (χ0) is 22.6. The van der Waals surface area contributed by atoms with Gasteiger partial charge in [0.15, 0.2) is 0 Å². The number of ether oxygens (including phenoxy) is 1. The highest BCUT2D eigenvalue weighted by atomic mass is 19.4. The van der Waals surface area contributed by atoms with Crippen LogP contribution >= 0.6 is 0 Å². The summed E-state index contributed by atoms with van der Waals surface area (Å²) in [7, 11) is 0. The first kappa shape index (κ1) is 22.5. The molecule has 1 atom stereocenters. The minimum Gasteiger partial charge on any atom is -0.475 e. The second-order valence-electron chi connectivity index (χ2n) is 7.24. The van der Waals surface area contributed by atoms with E-state index in [-0.39, 0.29) is 23.4 Å². The van der Waals surface area contributed by atoms with Crippen molar-refractivity contribution in [3.63, 3.8) is 0 Å². The number of rotatable bonds is 3. The highest BCUT2D eigenvalue weighted by Crippen LogP contribution is 2.41. The topological polar surface area (TPSA) is 146 Å². The number of nitrogens with zero attached hydrogens (tertiary/aromatic N) is 2. The Kier molecular flexibility index (Phi) is 6.43. The molecule has 0 saturated carbocycles. The van der Waals surface area contributed by atoms with Gasteiger partial charge in [-0.05, 0) is 32.0 Å². The van der Waals surface area contributed by atoms with E-state index >= 15 is 0 Å². The normalized spacial score (nSPS) is 20.1. The molecular formula is C18H20F3N5O5. The van der Waals surface area contributed by atoms with Crippen molar-refractivity contribution in [2.75, 3.05) is 19.6 Å². The van der Waals surface area contributed by atoms with Crippen LogP contribution in [0.2, 0.25) is 0 Å². The van der Waals surface area contributed by atoms with Gasteiger partial charge in [-0.2, -0.15) is 13.2 Å². The van der Waals surface area contributed by atoms with E-state index in [1.165, 1.54) is 6.33 Å². The highest BCUT2D eigenvalue weighted by molar-refractivity contribution is 6.03. The zero-order valence-corrected chi connectivity index (χ0v) is 16.2. The maximum absolute atomic E-state index is 12.4. The third-order valence-corrected chi connectivity index (χ3v) is 5.19. The minimum absolute atomic E-state index is 0.127. The van der Waals surface area contributed by atoms with Gasteiger partial charge >= 0.3 is 18.1 Å². The molecule has 2 saturated heterocycles. The number of hydrogen-bond donors (Lipinski definition) is 4. The van der Waals surface area contributed by atoms with Gasteiger partial charge in [0.1, 0.15) is 23.8 Å². The number of carbonyl (C=O) groups is 3. The number of alkyl halides is 3. The van der Waals surface area contributed by atoms with E-state index in [1.54, 1.807) is 12.3 Å². The SMILES string of the molecule is O=C(NCC1CC2(CCNCC2)C(=O)O1)c1ncnc2[nH]ccc12.O=C(O)C(F)(F)F. The number of esters is 1. The Morgan fingerprint density at radius 2 is 1.97 bits per heavy atom. The lowest BCUT2D eigenvalue weighted by Crippen LogP contribution is -2.39. The average Bonchev–Trinajstić information content (AvgIpc) is 3.31. The van der Waals surface area contributed by atoms with E-state index in [0.717, 1.165) is 25.9 Å². The van der Waals surface area contributed by atoms with Crippen LogP contribution in [0.15, 0.2) is 18.6 Å². The number of aromatic nitrogens is 3. The molecule has 0 bridgehead atoms. The van der Waals surface area contributed by atoms with E-state index < -0.39 is 12.1 Å². The summed E-state index contributed by atoms with van der Waals surface area (Å²) in [6.07, 6.45) is -0.0263. The molecule has 10 nitrogen and oxygen atoms in total. The Hall–Kier alpha value is -3.22. The molecule has 31 heavy (non-hydrogen) atoms. The Labute approximate surface area is 173 Å². The van der Waals surface area contributed by atoms with Crippen molar-refractivity contribution >= 4 is 28.9 Å². The second kappa shape index (κ2) is 8.88. The van der Waals surface area contributed by atoms with Crippen molar-refractivity contribution in [2.45, 2.75) is 31.5 Å². The number of carboxylic acids is 1. The predicted octanol–water partition coefficient (Wildman–Crippen LogP) is 1.01. The first-order valence-electron chi connectivity index (χ1n) is 9.40. The summed E-state index contributed by atoms with van der Waals surface area (Å²) >= 11 is 0. The molecule has 0 aromatic carbocycles. The Bertz CT molecular complexity index is 971. The van der Waals surface area contributed by atoms with Crippen molar-refractivity contribution in [2.24, 2.45) is 5.41 Å². The van der Waals surface area contributed by atoms with Crippen molar-refractivity contribution < 1.29 is 37.4 Å². The Morgan fingerprint density at radius 3 is 2.61 bits per heavy atom. The molecule has 2 fully saturated rings. The first-order chi connectivity index (χ1) is 14.6. The molecule has 2 aliphatic rings. The van der Waals surface area contributed by atoms with E-state index in [9.17, 15) is 22.8 Å². The van der Waals surface area contributed by atoms with Gasteiger partial charge in [-0.1, -0.05) is 0 Å². The number of hydrogen-bond acceptors (Lipinski definition) is 7.